The van der Waals surface area contributed by atoms with Crippen molar-refractivity contribution in [3.05, 3.63) is 59.8 Å². The zero-order chi connectivity index (χ0) is 20.9. The van der Waals surface area contributed by atoms with Gasteiger partial charge in [0.15, 0.2) is 0 Å². The number of likely N-dealkylation sites (tertiary alicyclic amines) is 1. The summed E-state index contributed by atoms with van der Waals surface area (Å²) in [5, 5.41) is 8.49. The predicted molar refractivity (Wildman–Crippen MR) is 119 cm³/mol. The van der Waals surface area contributed by atoms with Crippen molar-refractivity contribution in [3.8, 4) is 5.75 Å². The van der Waals surface area contributed by atoms with Crippen molar-refractivity contribution < 1.29 is 9.53 Å². The van der Waals surface area contributed by atoms with E-state index < -0.39 is 0 Å². The number of piperidine rings is 1. The van der Waals surface area contributed by atoms with E-state index in [9.17, 15) is 4.79 Å². The Balaban J connectivity index is 1.23. The highest BCUT2D eigenvalue weighted by Crippen LogP contribution is 2.20. The highest BCUT2D eigenvalue weighted by molar-refractivity contribution is 6.04. The van der Waals surface area contributed by atoms with Crippen molar-refractivity contribution in [1.29, 1.82) is 0 Å². The predicted octanol–water partition coefficient (Wildman–Crippen LogP) is 3.27. The molecular weight excluding hydrogens is 376 g/mol. The molecule has 0 bridgehead atoms. The van der Waals surface area contributed by atoms with Gasteiger partial charge < -0.3 is 15.0 Å². The molecular formula is C24H30N4O2. The molecule has 0 unspecified atom stereocenters. The molecule has 30 heavy (non-hydrogen) atoms. The van der Waals surface area contributed by atoms with Gasteiger partial charge in [-0.15, -0.1) is 0 Å². The first kappa shape index (κ1) is 20.4. The summed E-state index contributed by atoms with van der Waals surface area (Å²) >= 11 is 0. The highest BCUT2D eigenvalue weighted by atomic mass is 16.5. The third kappa shape index (κ3) is 4.65. The lowest BCUT2D eigenvalue weighted by Gasteiger charge is -2.32. The molecule has 6 heteroatoms. The summed E-state index contributed by atoms with van der Waals surface area (Å²) in [4.78, 5) is 15.3. The smallest absolute Gasteiger partial charge is 0.270 e. The fourth-order valence-electron chi connectivity index (χ4n) is 4.23. The number of ether oxygens (including phenoxy) is 1. The van der Waals surface area contributed by atoms with Crippen molar-refractivity contribution in [2.45, 2.75) is 19.3 Å². The summed E-state index contributed by atoms with van der Waals surface area (Å²) in [6.45, 7) is 3.98. The average Bonchev–Trinajstić information content (AvgIpc) is 3.13. The number of benzene rings is 2. The van der Waals surface area contributed by atoms with Crippen LogP contribution < -0.4 is 10.1 Å². The van der Waals surface area contributed by atoms with Crippen LogP contribution >= 0.6 is 0 Å². The number of aromatic nitrogens is 2. The van der Waals surface area contributed by atoms with Gasteiger partial charge in [0.25, 0.3) is 5.91 Å². The van der Waals surface area contributed by atoms with Gasteiger partial charge in [-0.05, 0) is 62.0 Å². The highest BCUT2D eigenvalue weighted by Gasteiger charge is 2.21. The summed E-state index contributed by atoms with van der Waals surface area (Å²) in [5.74, 6) is 1.40. The van der Waals surface area contributed by atoms with Crippen LogP contribution in [0.4, 0.5) is 0 Å². The monoisotopic (exact) mass is 406 g/mol. The first-order valence-electron chi connectivity index (χ1n) is 10.7. The number of methoxy groups -OCH3 is 1. The fraction of sp³-hybridized carbons (Fsp3) is 0.417. The SMILES string of the molecule is COc1ccc(CCN2CCC(CNC(=O)c3c4ccccc4nn3C)CC2)cc1. The second-order valence-electron chi connectivity index (χ2n) is 8.08. The van der Waals surface area contributed by atoms with E-state index >= 15 is 0 Å². The van der Waals surface area contributed by atoms with Crippen molar-refractivity contribution in [2.75, 3.05) is 33.3 Å². The number of hydrogen-bond donors (Lipinski definition) is 1. The van der Waals surface area contributed by atoms with E-state index in [4.69, 9.17) is 4.74 Å². The minimum Gasteiger partial charge on any atom is -0.497 e. The molecule has 1 saturated heterocycles. The van der Waals surface area contributed by atoms with Crippen molar-refractivity contribution in [2.24, 2.45) is 13.0 Å². The van der Waals surface area contributed by atoms with E-state index in [1.165, 1.54) is 5.56 Å². The van der Waals surface area contributed by atoms with E-state index in [1.54, 1.807) is 11.8 Å². The second kappa shape index (κ2) is 9.30. The average molecular weight is 407 g/mol. The number of carbonyl (C=O) groups is 1. The number of nitrogens with zero attached hydrogens (tertiary/aromatic N) is 3. The lowest BCUT2D eigenvalue weighted by Crippen LogP contribution is -2.39. The van der Waals surface area contributed by atoms with Crippen molar-refractivity contribution in [1.82, 2.24) is 20.0 Å². The van der Waals surface area contributed by atoms with Crippen LogP contribution in [-0.2, 0) is 13.5 Å². The molecule has 4 rings (SSSR count). The molecule has 0 saturated carbocycles. The molecule has 2 heterocycles. The zero-order valence-corrected chi connectivity index (χ0v) is 17.8. The largest absolute Gasteiger partial charge is 0.497 e. The normalized spacial score (nSPS) is 15.4. The Morgan fingerprint density at radius 2 is 1.87 bits per heavy atom. The van der Waals surface area contributed by atoms with Crippen molar-refractivity contribution in [3.63, 3.8) is 0 Å². The molecule has 1 fully saturated rings. The summed E-state index contributed by atoms with van der Waals surface area (Å²) < 4.78 is 6.90. The summed E-state index contributed by atoms with van der Waals surface area (Å²) in [6, 6.07) is 16.1. The fourth-order valence-corrected chi connectivity index (χ4v) is 4.23. The van der Waals surface area contributed by atoms with E-state index in [-0.39, 0.29) is 5.91 Å². The lowest BCUT2D eigenvalue weighted by atomic mass is 9.96. The molecule has 3 aromatic rings. The van der Waals surface area contributed by atoms with Gasteiger partial charge in [-0.1, -0.05) is 30.3 Å². The number of carbonyl (C=O) groups excluding carboxylic acids is 1. The Labute approximate surface area is 177 Å². The van der Waals surface area contributed by atoms with Crippen LogP contribution in [0.15, 0.2) is 48.5 Å². The van der Waals surface area contributed by atoms with Gasteiger partial charge in [0, 0.05) is 25.5 Å². The molecule has 0 spiro atoms. The molecule has 1 aromatic heterocycles. The van der Waals surface area contributed by atoms with Crippen LogP contribution in [0.5, 0.6) is 5.75 Å². The van der Waals surface area contributed by atoms with Crippen LogP contribution in [0.1, 0.15) is 28.9 Å². The van der Waals surface area contributed by atoms with Gasteiger partial charge in [-0.2, -0.15) is 5.10 Å². The third-order valence-electron chi connectivity index (χ3n) is 6.09. The second-order valence-corrected chi connectivity index (χ2v) is 8.08. The zero-order valence-electron chi connectivity index (χ0n) is 17.8. The van der Waals surface area contributed by atoms with Crippen LogP contribution in [-0.4, -0.2) is 53.9 Å². The van der Waals surface area contributed by atoms with Crippen LogP contribution in [0, 0.1) is 5.92 Å². The first-order chi connectivity index (χ1) is 14.6. The van der Waals surface area contributed by atoms with Gasteiger partial charge in [0.1, 0.15) is 11.4 Å². The Morgan fingerprint density at radius 1 is 1.13 bits per heavy atom. The number of hydrogen-bond acceptors (Lipinski definition) is 4. The third-order valence-corrected chi connectivity index (χ3v) is 6.09. The Bertz CT molecular complexity index is 988. The number of fused-ring (bicyclic) bond motifs is 1. The molecule has 2 aromatic carbocycles. The number of rotatable bonds is 7. The van der Waals surface area contributed by atoms with E-state index in [0.29, 0.717) is 11.6 Å². The topological polar surface area (TPSA) is 59.4 Å². The Kier molecular flexibility index (Phi) is 6.33. The maximum atomic E-state index is 12.8. The molecule has 1 amide bonds. The summed E-state index contributed by atoms with van der Waals surface area (Å²) in [7, 11) is 3.52. The van der Waals surface area contributed by atoms with Crippen LogP contribution in [0.2, 0.25) is 0 Å². The minimum absolute atomic E-state index is 0.0341. The Morgan fingerprint density at radius 3 is 2.60 bits per heavy atom. The Hall–Kier alpha value is -2.86. The summed E-state index contributed by atoms with van der Waals surface area (Å²) in [6.07, 6.45) is 3.29. The van der Waals surface area contributed by atoms with E-state index in [0.717, 1.165) is 62.1 Å². The molecule has 1 N–H and O–H groups in total. The van der Waals surface area contributed by atoms with Gasteiger partial charge in [-0.3, -0.25) is 9.48 Å². The quantitative estimate of drug-likeness (QED) is 0.654. The first-order valence-corrected chi connectivity index (χ1v) is 10.7. The standard InChI is InChI=1S/C24H30N4O2/c1-27-23(21-5-3-4-6-22(21)26-27)24(29)25-17-19-12-15-28(16-13-19)14-11-18-7-9-20(30-2)10-8-18/h3-10,19H,11-17H2,1-2H3,(H,25,29). The molecule has 1 aliphatic rings. The molecule has 0 atom stereocenters. The molecule has 6 nitrogen and oxygen atoms in total. The molecule has 0 aliphatic carbocycles. The number of aryl methyl sites for hydroxylation is 1. The van der Waals surface area contributed by atoms with Gasteiger partial charge in [0.05, 0.1) is 12.6 Å². The summed E-state index contributed by atoms with van der Waals surface area (Å²) in [5.41, 5.74) is 2.84. The van der Waals surface area contributed by atoms with E-state index in [1.807, 2.05) is 43.4 Å². The lowest BCUT2D eigenvalue weighted by molar-refractivity contribution is 0.0928. The van der Waals surface area contributed by atoms with E-state index in [2.05, 4.69) is 27.4 Å². The van der Waals surface area contributed by atoms with Crippen LogP contribution in [0.25, 0.3) is 10.9 Å². The van der Waals surface area contributed by atoms with Gasteiger partial charge in [0.2, 0.25) is 0 Å². The molecule has 0 radical (unpaired) electrons. The maximum Gasteiger partial charge on any atom is 0.270 e. The molecule has 1 aliphatic heterocycles. The maximum absolute atomic E-state index is 12.8. The number of amides is 1. The van der Waals surface area contributed by atoms with Gasteiger partial charge >= 0.3 is 0 Å². The van der Waals surface area contributed by atoms with Crippen LogP contribution in [0.3, 0.4) is 0 Å². The van der Waals surface area contributed by atoms with Crippen molar-refractivity contribution >= 4 is 16.8 Å². The van der Waals surface area contributed by atoms with Gasteiger partial charge in [-0.25, -0.2) is 0 Å². The number of nitrogens with one attached hydrogen (secondary N) is 1. The molecule has 158 valence electrons. The minimum atomic E-state index is -0.0341.